The molecule has 5 nitrogen and oxygen atoms in total. The normalized spacial score (nSPS) is 11.3. The molecule has 0 spiro atoms. The Balaban J connectivity index is 2.40. The second kappa shape index (κ2) is 5.13. The average molecular weight is 292 g/mol. The Morgan fingerprint density at radius 1 is 1.10 bits per heavy atom. The first-order chi connectivity index (χ1) is 9.29. The van der Waals surface area contributed by atoms with Gasteiger partial charge in [-0.2, -0.15) is 0 Å². The third-order valence-electron chi connectivity index (χ3n) is 3.07. The highest BCUT2D eigenvalue weighted by molar-refractivity contribution is 7.92. The van der Waals surface area contributed by atoms with Crippen LogP contribution in [0, 0.1) is 20.8 Å². The molecule has 0 aliphatic heterocycles. The van der Waals surface area contributed by atoms with Gasteiger partial charge in [-0.3, -0.25) is 4.72 Å². The Labute approximate surface area is 119 Å². The summed E-state index contributed by atoms with van der Waals surface area (Å²) in [4.78, 5) is 0.172. The fraction of sp³-hybridized carbons (Fsp3) is 0.214. The Hall–Kier alpha value is -2.08. The van der Waals surface area contributed by atoms with E-state index in [2.05, 4.69) is 4.72 Å². The van der Waals surface area contributed by atoms with Crippen molar-refractivity contribution in [1.29, 1.82) is 0 Å². The molecule has 2 aromatic rings. The molecule has 1 aromatic heterocycles. The van der Waals surface area contributed by atoms with Crippen molar-refractivity contribution in [2.75, 3.05) is 10.6 Å². The Morgan fingerprint density at radius 2 is 1.70 bits per heavy atom. The first-order valence-electron chi connectivity index (χ1n) is 6.17. The zero-order chi connectivity index (χ0) is 14.9. The lowest BCUT2D eigenvalue weighted by atomic mass is 10.2. The molecule has 0 unspecified atom stereocenters. The van der Waals surface area contributed by atoms with E-state index in [4.69, 9.17) is 5.84 Å². The minimum absolute atomic E-state index is 0.172. The number of pyridine rings is 1. The lowest BCUT2D eigenvalue weighted by Gasteiger charge is -2.09. The number of aromatic nitrogens is 1. The van der Waals surface area contributed by atoms with Gasteiger partial charge in [-0.15, -0.1) is 0 Å². The van der Waals surface area contributed by atoms with Crippen LogP contribution >= 0.6 is 0 Å². The summed E-state index contributed by atoms with van der Waals surface area (Å²) in [6.45, 7) is 5.51. The molecule has 106 valence electrons. The van der Waals surface area contributed by atoms with Gasteiger partial charge in [-0.05, 0) is 31.5 Å². The number of rotatable bonds is 3. The Bertz CT molecular complexity index is 738. The number of hydrogen-bond acceptors (Lipinski definition) is 3. The summed E-state index contributed by atoms with van der Waals surface area (Å²) in [7, 11) is -3.65. The Kier molecular flexibility index (Phi) is 3.67. The summed E-state index contributed by atoms with van der Waals surface area (Å²) >= 11 is 0. The van der Waals surface area contributed by atoms with E-state index in [0.29, 0.717) is 11.3 Å². The summed E-state index contributed by atoms with van der Waals surface area (Å²) in [5, 5.41) is 0. The number of nitrogens with zero attached hydrogens (tertiary/aromatic N) is 1. The van der Waals surface area contributed by atoms with Gasteiger partial charge in [0.15, 0.2) is 4.90 Å². The van der Waals surface area contributed by atoms with E-state index in [1.165, 1.54) is 10.9 Å². The van der Waals surface area contributed by atoms with Crippen LogP contribution in [0.2, 0.25) is 0 Å². The van der Waals surface area contributed by atoms with E-state index in [0.717, 1.165) is 11.3 Å². The molecule has 0 amide bonds. The van der Waals surface area contributed by atoms with Crippen LogP contribution in [0.25, 0.3) is 0 Å². The molecular formula is C14H18N3O2S+. The number of benzene rings is 1. The maximum absolute atomic E-state index is 12.4. The molecule has 0 aliphatic rings. The lowest BCUT2D eigenvalue weighted by Crippen LogP contribution is -2.47. The van der Waals surface area contributed by atoms with E-state index in [-0.39, 0.29) is 4.90 Å². The van der Waals surface area contributed by atoms with Crippen molar-refractivity contribution in [2.45, 2.75) is 25.7 Å². The number of sulfonamides is 1. The first kappa shape index (κ1) is 14.3. The monoisotopic (exact) mass is 292 g/mol. The fourth-order valence-corrected chi connectivity index (χ4v) is 3.19. The quantitative estimate of drug-likeness (QED) is 0.663. The molecule has 0 radical (unpaired) electrons. The highest BCUT2D eigenvalue weighted by Gasteiger charge is 2.22. The predicted octanol–water partition coefficient (Wildman–Crippen LogP) is 1.41. The zero-order valence-corrected chi connectivity index (χ0v) is 12.5. The number of hydrogen-bond donors (Lipinski definition) is 2. The third kappa shape index (κ3) is 2.91. The van der Waals surface area contributed by atoms with E-state index in [9.17, 15) is 8.42 Å². The summed E-state index contributed by atoms with van der Waals surface area (Å²) in [5.74, 6) is 5.72. The fourth-order valence-electron chi connectivity index (χ4n) is 1.90. The molecule has 2 rings (SSSR count). The minimum Gasteiger partial charge on any atom is -0.279 e. The lowest BCUT2D eigenvalue weighted by molar-refractivity contribution is -0.647. The van der Waals surface area contributed by atoms with Gasteiger partial charge in [0, 0.05) is 18.7 Å². The Morgan fingerprint density at radius 3 is 2.30 bits per heavy atom. The summed E-state index contributed by atoms with van der Waals surface area (Å²) in [6.07, 6.45) is 1.42. The predicted molar refractivity (Wildman–Crippen MR) is 78.2 cm³/mol. The second-order valence-corrected chi connectivity index (χ2v) is 6.49. The van der Waals surface area contributed by atoms with Crippen LogP contribution in [0.1, 0.15) is 16.8 Å². The van der Waals surface area contributed by atoms with Crippen LogP contribution in [0.5, 0.6) is 0 Å². The van der Waals surface area contributed by atoms with Crippen LogP contribution in [0.15, 0.2) is 41.4 Å². The van der Waals surface area contributed by atoms with Crippen molar-refractivity contribution >= 4 is 15.7 Å². The molecule has 1 heterocycles. The van der Waals surface area contributed by atoms with Crippen LogP contribution in [-0.4, -0.2) is 8.42 Å². The third-order valence-corrected chi connectivity index (χ3v) is 4.58. The van der Waals surface area contributed by atoms with Gasteiger partial charge >= 0.3 is 0 Å². The van der Waals surface area contributed by atoms with Crippen molar-refractivity contribution in [3.05, 3.63) is 53.3 Å². The molecule has 0 fully saturated rings. The maximum atomic E-state index is 12.4. The molecule has 3 N–H and O–H groups in total. The molecular weight excluding hydrogens is 274 g/mol. The van der Waals surface area contributed by atoms with Crippen molar-refractivity contribution in [3.63, 3.8) is 0 Å². The van der Waals surface area contributed by atoms with Crippen molar-refractivity contribution in [3.8, 4) is 0 Å². The molecule has 1 aromatic carbocycles. The summed E-state index contributed by atoms with van der Waals surface area (Å²) in [6, 6.07) is 8.90. The van der Waals surface area contributed by atoms with E-state index in [1.807, 2.05) is 26.0 Å². The molecule has 0 saturated carbocycles. The summed E-state index contributed by atoms with van der Waals surface area (Å²) < 4.78 is 28.6. The van der Waals surface area contributed by atoms with Gasteiger partial charge in [0.05, 0.1) is 0 Å². The van der Waals surface area contributed by atoms with E-state index >= 15 is 0 Å². The molecule has 0 aliphatic carbocycles. The van der Waals surface area contributed by atoms with Crippen LogP contribution in [-0.2, 0) is 10.0 Å². The van der Waals surface area contributed by atoms with Gasteiger partial charge in [0.2, 0.25) is 11.9 Å². The van der Waals surface area contributed by atoms with Gasteiger partial charge in [0.1, 0.15) is 0 Å². The van der Waals surface area contributed by atoms with Crippen LogP contribution in [0.4, 0.5) is 5.69 Å². The second-order valence-electron chi connectivity index (χ2n) is 4.84. The average Bonchev–Trinajstić information content (AvgIpc) is 2.36. The van der Waals surface area contributed by atoms with Crippen molar-refractivity contribution in [2.24, 2.45) is 0 Å². The smallest absolute Gasteiger partial charge is 0.268 e. The van der Waals surface area contributed by atoms with Crippen LogP contribution in [0.3, 0.4) is 0 Å². The van der Waals surface area contributed by atoms with Gasteiger partial charge in [0.25, 0.3) is 10.0 Å². The first-order valence-corrected chi connectivity index (χ1v) is 7.65. The standard InChI is InChI=1S/C14H18N3O2S/c1-10-4-6-13(7-5-10)16-20(18,19)14-9-17(15)12(3)8-11(14)2/h4-9,16H,15H2,1-3H3/q+1. The number of aryl methyl sites for hydroxylation is 3. The van der Waals surface area contributed by atoms with E-state index < -0.39 is 10.0 Å². The molecule has 0 bridgehead atoms. The van der Waals surface area contributed by atoms with Crippen molar-refractivity contribution < 1.29 is 13.1 Å². The number of nitrogen functional groups attached to an aromatic ring is 1. The van der Waals surface area contributed by atoms with Gasteiger partial charge in [-0.1, -0.05) is 22.4 Å². The number of nitrogens with one attached hydrogen (secondary N) is 1. The highest BCUT2D eigenvalue weighted by Crippen LogP contribution is 2.18. The van der Waals surface area contributed by atoms with Gasteiger partial charge in [-0.25, -0.2) is 14.3 Å². The molecule has 0 saturated heterocycles. The summed E-state index contributed by atoms with van der Waals surface area (Å²) in [5.41, 5.74) is 3.04. The largest absolute Gasteiger partial charge is 0.279 e. The number of anilines is 1. The highest BCUT2D eigenvalue weighted by atomic mass is 32.2. The number of nitrogens with two attached hydrogens (primary N) is 1. The SMILES string of the molecule is Cc1ccc(NS(=O)(=O)c2c[n+](N)c(C)cc2C)cc1. The maximum Gasteiger partial charge on any atom is 0.268 e. The van der Waals surface area contributed by atoms with Crippen molar-refractivity contribution in [1.82, 2.24) is 0 Å². The topological polar surface area (TPSA) is 76.1 Å². The molecule has 0 atom stereocenters. The van der Waals surface area contributed by atoms with Crippen LogP contribution < -0.4 is 15.2 Å². The molecule has 20 heavy (non-hydrogen) atoms. The van der Waals surface area contributed by atoms with E-state index in [1.54, 1.807) is 25.1 Å². The van der Waals surface area contributed by atoms with Gasteiger partial charge < -0.3 is 0 Å². The molecule has 6 heteroatoms. The minimum atomic E-state index is -3.65. The zero-order valence-electron chi connectivity index (χ0n) is 11.7.